The zero-order valence-electron chi connectivity index (χ0n) is 14.1. The van der Waals surface area contributed by atoms with Gasteiger partial charge in [-0.05, 0) is 45.1 Å². The van der Waals surface area contributed by atoms with Crippen LogP contribution < -0.4 is 11.1 Å². The summed E-state index contributed by atoms with van der Waals surface area (Å²) in [7, 11) is 2.14. The maximum absolute atomic E-state index is 6.11. The van der Waals surface area contributed by atoms with E-state index in [0.717, 1.165) is 42.6 Å². The summed E-state index contributed by atoms with van der Waals surface area (Å²) in [6, 6.07) is 4.13. The lowest BCUT2D eigenvalue weighted by molar-refractivity contribution is 0.263. The van der Waals surface area contributed by atoms with Gasteiger partial charge in [0.1, 0.15) is 12.1 Å². The number of hydrogen-bond donors (Lipinski definition) is 2. The summed E-state index contributed by atoms with van der Waals surface area (Å²) in [4.78, 5) is 24.0. The summed E-state index contributed by atoms with van der Waals surface area (Å²) in [5.74, 6) is 0.970. The average molecular weight is 336 g/mol. The van der Waals surface area contributed by atoms with Gasteiger partial charge in [-0.2, -0.15) is 9.97 Å². The number of rotatable bonds is 3. The second kappa shape index (κ2) is 6.56. The monoisotopic (exact) mass is 336 g/mol. The highest BCUT2D eigenvalue weighted by Crippen LogP contribution is 2.23. The molecule has 3 aromatic heterocycles. The quantitative estimate of drug-likeness (QED) is 0.742. The molecule has 0 bridgehead atoms. The lowest BCUT2D eigenvalue weighted by atomic mass is 10.1. The molecule has 0 unspecified atom stereocenters. The third-order valence-electron chi connectivity index (χ3n) is 4.50. The molecule has 1 aliphatic rings. The van der Waals surface area contributed by atoms with E-state index < -0.39 is 0 Å². The molecule has 0 atom stereocenters. The number of likely N-dealkylation sites (tertiary alicyclic amines) is 1. The highest BCUT2D eigenvalue weighted by atomic mass is 15.2. The predicted molar refractivity (Wildman–Crippen MR) is 96.9 cm³/mol. The Morgan fingerprint density at radius 1 is 1.08 bits per heavy atom. The first-order chi connectivity index (χ1) is 12.2. The van der Waals surface area contributed by atoms with E-state index in [1.54, 1.807) is 12.4 Å². The van der Waals surface area contributed by atoms with Crippen LogP contribution in [0.4, 0.5) is 11.8 Å². The zero-order valence-corrected chi connectivity index (χ0v) is 14.1. The minimum atomic E-state index is 0.360. The Balaban J connectivity index is 1.65. The van der Waals surface area contributed by atoms with E-state index in [4.69, 9.17) is 5.73 Å². The molecule has 128 valence electrons. The first-order valence-electron chi connectivity index (χ1n) is 8.34. The molecule has 1 fully saturated rings. The fourth-order valence-corrected chi connectivity index (χ4v) is 3.03. The number of pyridine rings is 1. The molecule has 0 amide bonds. The third kappa shape index (κ3) is 3.34. The minimum absolute atomic E-state index is 0.360. The van der Waals surface area contributed by atoms with Crippen molar-refractivity contribution in [2.45, 2.75) is 18.9 Å². The fourth-order valence-electron chi connectivity index (χ4n) is 3.03. The Labute approximate surface area is 145 Å². The molecule has 1 aliphatic heterocycles. The third-order valence-corrected chi connectivity index (χ3v) is 4.50. The van der Waals surface area contributed by atoms with Gasteiger partial charge < -0.3 is 16.0 Å². The summed E-state index contributed by atoms with van der Waals surface area (Å²) in [5, 5.41) is 4.14. The Hall–Kier alpha value is -2.87. The summed E-state index contributed by atoms with van der Waals surface area (Å²) in [6.45, 7) is 2.13. The van der Waals surface area contributed by atoms with Crippen molar-refractivity contribution in [2.75, 3.05) is 31.2 Å². The number of anilines is 2. The van der Waals surface area contributed by atoms with Gasteiger partial charge in [-0.1, -0.05) is 0 Å². The normalized spacial score (nSPS) is 16.2. The molecule has 0 radical (unpaired) electrons. The molecule has 8 heteroatoms. The van der Waals surface area contributed by atoms with Gasteiger partial charge in [0.25, 0.3) is 0 Å². The highest BCUT2D eigenvalue weighted by Gasteiger charge is 2.18. The van der Waals surface area contributed by atoms with Crippen molar-refractivity contribution < 1.29 is 0 Å². The number of nitrogens with one attached hydrogen (secondary N) is 1. The summed E-state index contributed by atoms with van der Waals surface area (Å²) in [6.07, 6.45) is 7.07. The van der Waals surface area contributed by atoms with Gasteiger partial charge in [-0.25, -0.2) is 15.0 Å². The van der Waals surface area contributed by atoms with E-state index in [1.807, 2.05) is 12.1 Å². The Bertz CT molecular complexity index is 874. The van der Waals surface area contributed by atoms with Crippen LogP contribution >= 0.6 is 0 Å². The summed E-state index contributed by atoms with van der Waals surface area (Å²) >= 11 is 0. The van der Waals surface area contributed by atoms with Crippen LogP contribution in [0.3, 0.4) is 0 Å². The molecule has 3 N–H and O–H groups in total. The second-order valence-corrected chi connectivity index (χ2v) is 6.35. The van der Waals surface area contributed by atoms with Crippen LogP contribution in [0.5, 0.6) is 0 Å². The maximum atomic E-state index is 6.11. The largest absolute Gasteiger partial charge is 0.383 e. The minimum Gasteiger partial charge on any atom is -0.383 e. The molecule has 0 aliphatic carbocycles. The number of nitrogens with zero attached hydrogens (tertiary/aromatic N) is 6. The molecular formula is C17H20N8. The van der Waals surface area contributed by atoms with Gasteiger partial charge in [-0.15, -0.1) is 0 Å². The SMILES string of the molecule is CN1CCC(Nc2nc(N)c3ccc(-c4cncnc4)nc3n2)CC1. The lowest BCUT2D eigenvalue weighted by Gasteiger charge is -2.29. The first kappa shape index (κ1) is 15.6. The molecule has 4 heterocycles. The molecule has 0 aromatic carbocycles. The fraction of sp³-hybridized carbons (Fsp3) is 0.353. The number of piperidine rings is 1. The number of hydrogen-bond acceptors (Lipinski definition) is 8. The van der Waals surface area contributed by atoms with E-state index in [2.05, 4.69) is 42.2 Å². The average Bonchev–Trinajstić information content (AvgIpc) is 2.64. The van der Waals surface area contributed by atoms with Gasteiger partial charge in [0.2, 0.25) is 5.95 Å². The van der Waals surface area contributed by atoms with Crippen LogP contribution in [0.1, 0.15) is 12.8 Å². The topological polar surface area (TPSA) is 106 Å². The van der Waals surface area contributed by atoms with Gasteiger partial charge in [0.05, 0.1) is 11.1 Å². The van der Waals surface area contributed by atoms with Crippen LogP contribution in [-0.2, 0) is 0 Å². The Morgan fingerprint density at radius 3 is 2.60 bits per heavy atom. The summed E-state index contributed by atoms with van der Waals surface area (Å²) < 4.78 is 0. The van der Waals surface area contributed by atoms with Crippen molar-refractivity contribution in [1.82, 2.24) is 29.8 Å². The van der Waals surface area contributed by atoms with Crippen LogP contribution in [0, 0.1) is 0 Å². The van der Waals surface area contributed by atoms with Crippen LogP contribution in [0.15, 0.2) is 30.9 Å². The molecular weight excluding hydrogens is 316 g/mol. The van der Waals surface area contributed by atoms with Crippen LogP contribution in [-0.4, -0.2) is 56.0 Å². The highest BCUT2D eigenvalue weighted by molar-refractivity contribution is 5.87. The Kier molecular flexibility index (Phi) is 4.10. The first-order valence-corrected chi connectivity index (χ1v) is 8.34. The molecule has 8 nitrogen and oxygen atoms in total. The molecule has 3 aromatic rings. The predicted octanol–water partition coefficient (Wildman–Crippen LogP) is 1.57. The van der Waals surface area contributed by atoms with E-state index in [1.165, 1.54) is 6.33 Å². The van der Waals surface area contributed by atoms with Crippen molar-refractivity contribution in [1.29, 1.82) is 0 Å². The van der Waals surface area contributed by atoms with Crippen LogP contribution in [0.2, 0.25) is 0 Å². The summed E-state index contributed by atoms with van der Waals surface area (Å²) in [5.41, 5.74) is 8.28. The standard InChI is InChI=1S/C17H20N8/c1-25-6-4-12(5-7-25)21-17-23-15(18)13-2-3-14(22-16(13)24-17)11-8-19-10-20-9-11/h2-3,8-10,12H,4-7H2,1H3,(H3,18,21,22,23,24). The number of nitrogens with two attached hydrogens (primary N) is 1. The Morgan fingerprint density at radius 2 is 1.84 bits per heavy atom. The number of nitrogen functional groups attached to an aromatic ring is 1. The van der Waals surface area contributed by atoms with Crippen molar-refractivity contribution >= 4 is 22.8 Å². The van der Waals surface area contributed by atoms with E-state index in [0.29, 0.717) is 23.5 Å². The molecule has 0 spiro atoms. The van der Waals surface area contributed by atoms with Crippen molar-refractivity contribution in [3.8, 4) is 11.3 Å². The van der Waals surface area contributed by atoms with Crippen molar-refractivity contribution in [3.05, 3.63) is 30.9 Å². The van der Waals surface area contributed by atoms with Crippen molar-refractivity contribution in [3.63, 3.8) is 0 Å². The maximum Gasteiger partial charge on any atom is 0.226 e. The lowest BCUT2D eigenvalue weighted by Crippen LogP contribution is -2.37. The molecule has 4 rings (SSSR count). The van der Waals surface area contributed by atoms with Crippen molar-refractivity contribution in [2.24, 2.45) is 0 Å². The molecule has 1 saturated heterocycles. The molecule has 25 heavy (non-hydrogen) atoms. The second-order valence-electron chi connectivity index (χ2n) is 6.35. The van der Waals surface area contributed by atoms with E-state index in [-0.39, 0.29) is 0 Å². The number of fused-ring (bicyclic) bond motifs is 1. The smallest absolute Gasteiger partial charge is 0.226 e. The van der Waals surface area contributed by atoms with Crippen LogP contribution in [0.25, 0.3) is 22.3 Å². The van der Waals surface area contributed by atoms with Gasteiger partial charge >= 0.3 is 0 Å². The van der Waals surface area contributed by atoms with Gasteiger partial charge in [0, 0.05) is 24.0 Å². The van der Waals surface area contributed by atoms with Gasteiger partial charge in [-0.3, -0.25) is 0 Å². The zero-order chi connectivity index (χ0) is 17.2. The number of aromatic nitrogens is 5. The van der Waals surface area contributed by atoms with Gasteiger partial charge in [0.15, 0.2) is 5.65 Å². The van der Waals surface area contributed by atoms with E-state index in [9.17, 15) is 0 Å². The molecule has 0 saturated carbocycles. The van der Waals surface area contributed by atoms with E-state index >= 15 is 0 Å².